The Morgan fingerprint density at radius 3 is 2.55 bits per heavy atom. The van der Waals surface area contributed by atoms with Crippen LogP contribution in [0.15, 0.2) is 66.9 Å². The van der Waals surface area contributed by atoms with E-state index < -0.39 is 0 Å². The maximum Gasteiger partial charge on any atom is 0.229 e. The number of aromatic nitrogens is 1. The molecule has 0 aliphatic carbocycles. The van der Waals surface area contributed by atoms with Gasteiger partial charge in [0.15, 0.2) is 0 Å². The highest BCUT2D eigenvalue weighted by Gasteiger charge is 2.05. The molecular formula is C17H14N2O. The summed E-state index contributed by atoms with van der Waals surface area (Å²) in [5, 5.41) is 5.12. The predicted octanol–water partition coefficient (Wildman–Crippen LogP) is 3.42. The van der Waals surface area contributed by atoms with E-state index in [0.717, 1.165) is 10.9 Å². The average Bonchev–Trinajstić information content (AvgIpc) is 2.48. The van der Waals surface area contributed by atoms with Crippen LogP contribution in [0.1, 0.15) is 5.56 Å². The third-order valence-electron chi connectivity index (χ3n) is 3.11. The van der Waals surface area contributed by atoms with Crippen molar-refractivity contribution in [1.82, 2.24) is 4.98 Å². The Labute approximate surface area is 117 Å². The fourth-order valence-corrected chi connectivity index (χ4v) is 2.16. The van der Waals surface area contributed by atoms with E-state index in [0.29, 0.717) is 12.2 Å². The van der Waals surface area contributed by atoms with Crippen LogP contribution in [0, 0.1) is 0 Å². The Bertz CT molecular complexity index is 738. The summed E-state index contributed by atoms with van der Waals surface area (Å²) in [7, 11) is 0. The lowest BCUT2D eigenvalue weighted by molar-refractivity contribution is -0.115. The van der Waals surface area contributed by atoms with Crippen molar-refractivity contribution in [2.45, 2.75) is 6.42 Å². The number of carbonyl (C=O) groups excluding carboxylic acids is 1. The molecule has 0 aliphatic heterocycles. The van der Waals surface area contributed by atoms with E-state index in [1.54, 1.807) is 12.3 Å². The van der Waals surface area contributed by atoms with Crippen molar-refractivity contribution in [2.75, 3.05) is 5.32 Å². The van der Waals surface area contributed by atoms with Gasteiger partial charge in [-0.15, -0.1) is 0 Å². The molecule has 3 heteroatoms. The zero-order valence-electron chi connectivity index (χ0n) is 10.9. The minimum absolute atomic E-state index is 0.0565. The molecule has 3 nitrogen and oxygen atoms in total. The van der Waals surface area contributed by atoms with Gasteiger partial charge in [0.05, 0.1) is 6.42 Å². The molecule has 0 fully saturated rings. The largest absolute Gasteiger partial charge is 0.310 e. The molecule has 0 aliphatic rings. The zero-order valence-corrected chi connectivity index (χ0v) is 10.9. The molecule has 3 aromatic rings. The molecule has 0 saturated carbocycles. The highest BCUT2D eigenvalue weighted by molar-refractivity contribution is 5.92. The number of anilines is 1. The van der Waals surface area contributed by atoms with Crippen molar-refractivity contribution in [3.8, 4) is 0 Å². The Kier molecular flexibility index (Phi) is 3.42. The first-order valence-corrected chi connectivity index (χ1v) is 6.50. The van der Waals surface area contributed by atoms with Gasteiger partial charge in [-0.2, -0.15) is 0 Å². The molecule has 98 valence electrons. The minimum atomic E-state index is -0.0565. The smallest absolute Gasteiger partial charge is 0.229 e. The van der Waals surface area contributed by atoms with Crippen molar-refractivity contribution < 1.29 is 4.79 Å². The molecule has 2 aromatic carbocycles. The summed E-state index contributed by atoms with van der Waals surface area (Å²) in [5.74, 6) is 0.525. The highest BCUT2D eigenvalue weighted by Crippen LogP contribution is 2.16. The first-order chi connectivity index (χ1) is 9.81. The molecule has 0 radical (unpaired) electrons. The van der Waals surface area contributed by atoms with E-state index in [-0.39, 0.29) is 5.91 Å². The minimum Gasteiger partial charge on any atom is -0.310 e. The number of hydrogen-bond acceptors (Lipinski definition) is 2. The molecule has 1 aromatic heterocycles. The standard InChI is InChI=1S/C17H14N2O/c20-17(19-16-7-3-4-10-18-16)12-13-8-9-14-5-1-2-6-15(14)11-13/h1-11H,12H2,(H,18,19,20). The first-order valence-electron chi connectivity index (χ1n) is 6.50. The van der Waals surface area contributed by atoms with Crippen molar-refractivity contribution >= 4 is 22.5 Å². The summed E-state index contributed by atoms with van der Waals surface area (Å²) >= 11 is 0. The molecule has 0 bridgehead atoms. The molecule has 0 atom stereocenters. The molecule has 1 amide bonds. The number of hydrogen-bond donors (Lipinski definition) is 1. The van der Waals surface area contributed by atoms with Crippen LogP contribution >= 0.6 is 0 Å². The van der Waals surface area contributed by atoms with E-state index in [1.165, 1.54) is 5.39 Å². The lowest BCUT2D eigenvalue weighted by Gasteiger charge is -2.05. The second-order valence-corrected chi connectivity index (χ2v) is 4.62. The van der Waals surface area contributed by atoms with Gasteiger partial charge < -0.3 is 5.32 Å². The van der Waals surface area contributed by atoms with Gasteiger partial charge in [-0.3, -0.25) is 4.79 Å². The fraction of sp³-hybridized carbons (Fsp3) is 0.0588. The molecule has 0 unspecified atom stereocenters. The number of nitrogens with zero attached hydrogens (tertiary/aromatic N) is 1. The van der Waals surface area contributed by atoms with Crippen molar-refractivity contribution in [3.63, 3.8) is 0 Å². The van der Waals surface area contributed by atoms with Crippen LogP contribution in [-0.2, 0) is 11.2 Å². The van der Waals surface area contributed by atoms with E-state index in [4.69, 9.17) is 0 Å². The second-order valence-electron chi connectivity index (χ2n) is 4.62. The summed E-state index contributed by atoms with van der Waals surface area (Å²) in [6.07, 6.45) is 2.01. The fourth-order valence-electron chi connectivity index (χ4n) is 2.16. The number of benzene rings is 2. The molecule has 0 spiro atoms. The third kappa shape index (κ3) is 2.83. The lowest BCUT2D eigenvalue weighted by Crippen LogP contribution is -2.15. The Hall–Kier alpha value is -2.68. The van der Waals surface area contributed by atoms with Crippen molar-refractivity contribution in [1.29, 1.82) is 0 Å². The number of fused-ring (bicyclic) bond motifs is 1. The van der Waals surface area contributed by atoms with Gasteiger partial charge in [0.25, 0.3) is 0 Å². The Morgan fingerprint density at radius 1 is 0.950 bits per heavy atom. The molecule has 0 saturated heterocycles. The van der Waals surface area contributed by atoms with Gasteiger partial charge in [0, 0.05) is 6.20 Å². The Balaban J connectivity index is 1.74. The van der Waals surface area contributed by atoms with Gasteiger partial charge in [0.1, 0.15) is 5.82 Å². The quantitative estimate of drug-likeness (QED) is 0.786. The maximum atomic E-state index is 12.0. The number of amides is 1. The van der Waals surface area contributed by atoms with E-state index in [1.807, 2.05) is 42.5 Å². The summed E-state index contributed by atoms with van der Waals surface area (Å²) < 4.78 is 0. The summed E-state index contributed by atoms with van der Waals surface area (Å²) in [6, 6.07) is 19.6. The van der Waals surface area contributed by atoms with Gasteiger partial charge in [-0.05, 0) is 28.5 Å². The van der Waals surface area contributed by atoms with Crippen LogP contribution in [0.4, 0.5) is 5.82 Å². The first kappa shape index (κ1) is 12.4. The second kappa shape index (κ2) is 5.53. The van der Waals surface area contributed by atoms with Crippen molar-refractivity contribution in [2.24, 2.45) is 0 Å². The third-order valence-corrected chi connectivity index (χ3v) is 3.11. The van der Waals surface area contributed by atoms with E-state index >= 15 is 0 Å². The number of pyridine rings is 1. The van der Waals surface area contributed by atoms with Crippen LogP contribution in [0.25, 0.3) is 10.8 Å². The molecule has 1 N–H and O–H groups in total. The predicted molar refractivity (Wildman–Crippen MR) is 80.5 cm³/mol. The summed E-state index contributed by atoms with van der Waals surface area (Å²) in [4.78, 5) is 16.0. The molecule has 1 heterocycles. The van der Waals surface area contributed by atoms with Gasteiger partial charge in [0.2, 0.25) is 5.91 Å². The van der Waals surface area contributed by atoms with Crippen LogP contribution < -0.4 is 5.32 Å². The average molecular weight is 262 g/mol. The molecule has 3 rings (SSSR count). The summed E-state index contributed by atoms with van der Waals surface area (Å²) in [5.41, 5.74) is 0.997. The van der Waals surface area contributed by atoms with Gasteiger partial charge in [-0.25, -0.2) is 4.98 Å². The lowest BCUT2D eigenvalue weighted by atomic mass is 10.1. The van der Waals surface area contributed by atoms with Crippen LogP contribution in [0.3, 0.4) is 0 Å². The van der Waals surface area contributed by atoms with Crippen molar-refractivity contribution in [3.05, 3.63) is 72.4 Å². The van der Waals surface area contributed by atoms with E-state index in [2.05, 4.69) is 22.4 Å². The maximum absolute atomic E-state index is 12.0. The number of rotatable bonds is 3. The van der Waals surface area contributed by atoms with E-state index in [9.17, 15) is 4.79 Å². The van der Waals surface area contributed by atoms with Crippen LogP contribution in [0.2, 0.25) is 0 Å². The van der Waals surface area contributed by atoms with Gasteiger partial charge >= 0.3 is 0 Å². The summed E-state index contributed by atoms with van der Waals surface area (Å²) in [6.45, 7) is 0. The monoisotopic (exact) mass is 262 g/mol. The van der Waals surface area contributed by atoms with Crippen LogP contribution in [-0.4, -0.2) is 10.9 Å². The molecule has 20 heavy (non-hydrogen) atoms. The number of carbonyl (C=O) groups is 1. The topological polar surface area (TPSA) is 42.0 Å². The Morgan fingerprint density at radius 2 is 1.75 bits per heavy atom. The van der Waals surface area contributed by atoms with Crippen LogP contribution in [0.5, 0.6) is 0 Å². The number of nitrogens with one attached hydrogen (secondary N) is 1. The molecular weight excluding hydrogens is 248 g/mol. The zero-order chi connectivity index (χ0) is 13.8. The highest BCUT2D eigenvalue weighted by atomic mass is 16.1. The normalized spacial score (nSPS) is 10.4. The van der Waals surface area contributed by atoms with Gasteiger partial charge in [-0.1, -0.05) is 48.5 Å². The SMILES string of the molecule is O=C(Cc1ccc2ccccc2c1)Nc1ccccn1.